The third-order valence-corrected chi connectivity index (χ3v) is 3.11. The van der Waals surface area contributed by atoms with Gasteiger partial charge in [-0.1, -0.05) is 6.92 Å². The van der Waals surface area contributed by atoms with Crippen LogP contribution in [-0.4, -0.2) is 12.6 Å². The van der Waals surface area contributed by atoms with E-state index in [1.54, 1.807) is 7.11 Å². The van der Waals surface area contributed by atoms with Gasteiger partial charge < -0.3 is 14.5 Å². The molecule has 3 heteroatoms. The Morgan fingerprint density at radius 2 is 1.95 bits per heavy atom. The van der Waals surface area contributed by atoms with Crippen LogP contribution in [0.1, 0.15) is 39.0 Å². The van der Waals surface area contributed by atoms with Crippen molar-refractivity contribution in [2.45, 2.75) is 46.2 Å². The van der Waals surface area contributed by atoms with Crippen LogP contribution in [0.3, 0.4) is 0 Å². The van der Waals surface area contributed by atoms with Crippen molar-refractivity contribution in [3.05, 3.63) is 29.5 Å². The smallest absolute Gasteiger partial charge is 0.176 e. The summed E-state index contributed by atoms with van der Waals surface area (Å²) < 4.78 is 11.3. The maximum absolute atomic E-state index is 5.90. The van der Waals surface area contributed by atoms with Crippen molar-refractivity contribution in [1.82, 2.24) is 5.32 Å². The van der Waals surface area contributed by atoms with Gasteiger partial charge in [0.1, 0.15) is 5.76 Å². The standard InChI is InChI=1S/C16H23NO2/c1-6-11-7-12-9-13(10-17-16(2,3)4)19-15(12)14(8-11)18-5/h7-9,17H,6,10H2,1-5H3. The van der Waals surface area contributed by atoms with E-state index in [1.165, 1.54) is 5.56 Å². The number of aryl methyl sites for hydroxylation is 1. The largest absolute Gasteiger partial charge is 0.493 e. The monoisotopic (exact) mass is 261 g/mol. The lowest BCUT2D eigenvalue weighted by Crippen LogP contribution is -2.34. The summed E-state index contributed by atoms with van der Waals surface area (Å²) in [5, 5.41) is 4.54. The summed E-state index contributed by atoms with van der Waals surface area (Å²) >= 11 is 0. The topological polar surface area (TPSA) is 34.4 Å². The van der Waals surface area contributed by atoms with Gasteiger partial charge in [0.25, 0.3) is 0 Å². The molecule has 0 aliphatic heterocycles. The first-order valence-electron chi connectivity index (χ1n) is 6.77. The molecule has 19 heavy (non-hydrogen) atoms. The summed E-state index contributed by atoms with van der Waals surface area (Å²) in [5.74, 6) is 1.76. The Balaban J connectivity index is 2.34. The normalized spacial score (nSPS) is 12.1. The Hall–Kier alpha value is -1.48. The molecule has 0 aliphatic rings. The maximum Gasteiger partial charge on any atom is 0.176 e. The van der Waals surface area contributed by atoms with Crippen LogP contribution >= 0.6 is 0 Å². The molecule has 0 atom stereocenters. The average molecular weight is 261 g/mol. The molecule has 0 saturated heterocycles. The summed E-state index contributed by atoms with van der Waals surface area (Å²) in [5.41, 5.74) is 2.18. The van der Waals surface area contributed by atoms with Gasteiger partial charge in [0.05, 0.1) is 13.7 Å². The van der Waals surface area contributed by atoms with Gasteiger partial charge in [-0.25, -0.2) is 0 Å². The van der Waals surface area contributed by atoms with Gasteiger partial charge >= 0.3 is 0 Å². The van der Waals surface area contributed by atoms with E-state index in [9.17, 15) is 0 Å². The van der Waals surface area contributed by atoms with E-state index in [1.807, 2.05) is 6.07 Å². The van der Waals surface area contributed by atoms with Gasteiger partial charge in [-0.2, -0.15) is 0 Å². The Labute approximate surface area is 114 Å². The number of ether oxygens (including phenoxy) is 1. The molecule has 0 bridgehead atoms. The summed E-state index contributed by atoms with van der Waals surface area (Å²) in [4.78, 5) is 0. The van der Waals surface area contributed by atoms with Crippen LogP contribution < -0.4 is 10.1 Å². The molecule has 0 spiro atoms. The number of hydrogen-bond acceptors (Lipinski definition) is 3. The number of benzene rings is 1. The Kier molecular flexibility index (Phi) is 3.85. The first-order chi connectivity index (χ1) is 8.93. The van der Waals surface area contributed by atoms with E-state index < -0.39 is 0 Å². The molecule has 2 rings (SSSR count). The Morgan fingerprint density at radius 3 is 2.53 bits per heavy atom. The van der Waals surface area contributed by atoms with Crippen LogP contribution in [0.2, 0.25) is 0 Å². The van der Waals surface area contributed by atoms with Gasteiger partial charge in [-0.15, -0.1) is 0 Å². The molecule has 0 fully saturated rings. The Bertz CT molecular complexity index is 564. The molecule has 1 N–H and O–H groups in total. The highest BCUT2D eigenvalue weighted by Gasteiger charge is 2.13. The predicted molar refractivity (Wildman–Crippen MR) is 78.7 cm³/mol. The van der Waals surface area contributed by atoms with E-state index in [2.05, 4.69) is 45.1 Å². The van der Waals surface area contributed by atoms with Crippen molar-refractivity contribution in [2.75, 3.05) is 7.11 Å². The number of rotatable bonds is 4. The minimum atomic E-state index is 0.0810. The zero-order valence-corrected chi connectivity index (χ0v) is 12.5. The first kappa shape index (κ1) is 13.9. The van der Waals surface area contributed by atoms with E-state index in [-0.39, 0.29) is 5.54 Å². The van der Waals surface area contributed by atoms with Crippen molar-refractivity contribution in [3.8, 4) is 5.75 Å². The molecule has 0 aliphatic carbocycles. The van der Waals surface area contributed by atoms with E-state index in [0.717, 1.165) is 35.4 Å². The number of methoxy groups -OCH3 is 1. The predicted octanol–water partition coefficient (Wildman–Crippen LogP) is 3.89. The van der Waals surface area contributed by atoms with Gasteiger partial charge in [-0.3, -0.25) is 0 Å². The minimum Gasteiger partial charge on any atom is -0.493 e. The second-order valence-corrected chi connectivity index (χ2v) is 5.89. The van der Waals surface area contributed by atoms with Gasteiger partial charge in [0.15, 0.2) is 11.3 Å². The van der Waals surface area contributed by atoms with Crippen molar-refractivity contribution < 1.29 is 9.15 Å². The SMILES string of the molecule is CCc1cc(OC)c2oc(CNC(C)(C)C)cc2c1. The van der Waals surface area contributed by atoms with E-state index >= 15 is 0 Å². The van der Waals surface area contributed by atoms with Crippen LogP contribution in [0, 0.1) is 0 Å². The summed E-state index contributed by atoms with van der Waals surface area (Å²) in [7, 11) is 1.68. The molecule has 104 valence electrons. The molecule has 0 unspecified atom stereocenters. The van der Waals surface area contributed by atoms with Crippen LogP contribution in [0.15, 0.2) is 22.6 Å². The van der Waals surface area contributed by atoms with Crippen molar-refractivity contribution in [2.24, 2.45) is 0 Å². The Morgan fingerprint density at radius 1 is 1.21 bits per heavy atom. The van der Waals surface area contributed by atoms with Crippen LogP contribution in [0.5, 0.6) is 5.75 Å². The van der Waals surface area contributed by atoms with Crippen LogP contribution in [0.4, 0.5) is 0 Å². The zero-order valence-electron chi connectivity index (χ0n) is 12.5. The molecule has 1 aromatic heterocycles. The van der Waals surface area contributed by atoms with Crippen molar-refractivity contribution in [3.63, 3.8) is 0 Å². The number of fused-ring (bicyclic) bond motifs is 1. The van der Waals surface area contributed by atoms with Gasteiger partial charge in [-0.05, 0) is 51.0 Å². The molecule has 0 radical (unpaired) electrons. The molecule has 1 aromatic carbocycles. The zero-order chi connectivity index (χ0) is 14.0. The lowest BCUT2D eigenvalue weighted by Gasteiger charge is -2.19. The molecular weight excluding hydrogens is 238 g/mol. The van der Waals surface area contributed by atoms with Crippen LogP contribution in [-0.2, 0) is 13.0 Å². The molecule has 0 amide bonds. The molecule has 2 aromatic rings. The average Bonchev–Trinajstić information content (AvgIpc) is 2.77. The van der Waals surface area contributed by atoms with E-state index in [4.69, 9.17) is 9.15 Å². The summed E-state index contributed by atoms with van der Waals surface area (Å²) in [6.45, 7) is 9.30. The van der Waals surface area contributed by atoms with Crippen molar-refractivity contribution in [1.29, 1.82) is 0 Å². The van der Waals surface area contributed by atoms with Crippen LogP contribution in [0.25, 0.3) is 11.0 Å². The number of nitrogens with one attached hydrogen (secondary N) is 1. The molecule has 1 heterocycles. The lowest BCUT2D eigenvalue weighted by molar-refractivity contribution is 0.385. The highest BCUT2D eigenvalue weighted by molar-refractivity contribution is 5.84. The molecular formula is C16H23NO2. The number of furan rings is 1. The maximum atomic E-state index is 5.90. The highest BCUT2D eigenvalue weighted by atomic mass is 16.5. The fraction of sp³-hybridized carbons (Fsp3) is 0.500. The second-order valence-electron chi connectivity index (χ2n) is 5.89. The third kappa shape index (κ3) is 3.29. The van der Waals surface area contributed by atoms with Gasteiger partial charge in [0, 0.05) is 10.9 Å². The lowest BCUT2D eigenvalue weighted by atomic mass is 10.1. The van der Waals surface area contributed by atoms with Crippen molar-refractivity contribution >= 4 is 11.0 Å². The third-order valence-electron chi connectivity index (χ3n) is 3.11. The molecule has 3 nitrogen and oxygen atoms in total. The molecule has 0 saturated carbocycles. The highest BCUT2D eigenvalue weighted by Crippen LogP contribution is 2.30. The minimum absolute atomic E-state index is 0.0810. The second kappa shape index (κ2) is 5.25. The first-order valence-corrected chi connectivity index (χ1v) is 6.77. The summed E-state index contributed by atoms with van der Waals surface area (Å²) in [6, 6.07) is 6.31. The fourth-order valence-corrected chi connectivity index (χ4v) is 2.03. The van der Waals surface area contributed by atoms with E-state index in [0.29, 0.717) is 0 Å². The summed E-state index contributed by atoms with van der Waals surface area (Å²) in [6.07, 6.45) is 0.993. The van der Waals surface area contributed by atoms with Gasteiger partial charge in [0.2, 0.25) is 0 Å². The quantitative estimate of drug-likeness (QED) is 0.906. The fourth-order valence-electron chi connectivity index (χ4n) is 2.03. The number of hydrogen-bond donors (Lipinski definition) is 1.